The lowest BCUT2D eigenvalue weighted by molar-refractivity contribution is -0.326. The molecule has 0 aromatic heterocycles. The van der Waals surface area contributed by atoms with Gasteiger partial charge in [0, 0.05) is 16.6 Å². The van der Waals surface area contributed by atoms with Crippen LogP contribution in [0.4, 0.5) is 0 Å². The summed E-state index contributed by atoms with van der Waals surface area (Å²) in [5, 5.41) is 0. The predicted octanol–water partition coefficient (Wildman–Crippen LogP) is 8.96. The Morgan fingerprint density at radius 1 is 0.400 bits per heavy atom. The molecule has 0 saturated heterocycles. The first-order valence-electron chi connectivity index (χ1n) is 20.1. The summed E-state index contributed by atoms with van der Waals surface area (Å²) in [7, 11) is 0. The van der Waals surface area contributed by atoms with Crippen molar-refractivity contribution >= 4 is 11.9 Å². The van der Waals surface area contributed by atoms with Gasteiger partial charge in [-0.05, 0) is 125 Å². The van der Waals surface area contributed by atoms with E-state index in [1.807, 2.05) is 48.5 Å². The summed E-state index contributed by atoms with van der Waals surface area (Å²) in [5.74, 6) is 0.172. The second-order valence-corrected chi connectivity index (χ2v) is 14.7. The van der Waals surface area contributed by atoms with Gasteiger partial charge >= 0.3 is 11.9 Å². The molecule has 2 aromatic carbocycles. The average Bonchev–Trinajstić information content (AvgIpc) is 3.10. The molecule has 60 heavy (non-hydrogen) atoms. The first-order valence-corrected chi connectivity index (χ1v) is 20.1. The van der Waals surface area contributed by atoms with Gasteiger partial charge in [0.15, 0.2) is 56.6 Å². The Bertz CT molecular complexity index is 1610. The third kappa shape index (κ3) is 19.7. The van der Waals surface area contributed by atoms with E-state index in [2.05, 4.69) is 27.0 Å². The largest absolute Gasteiger partial charge is 0.465 e. The zero-order chi connectivity index (χ0) is 45.3. The Balaban J connectivity index is 1.79. The van der Waals surface area contributed by atoms with E-state index in [1.165, 1.54) is 0 Å². The molecular formula is C45H68O15. The van der Waals surface area contributed by atoms with E-state index in [0.717, 1.165) is 11.1 Å². The topological polar surface area (TPSA) is 154 Å². The number of hydrogen-bond donors (Lipinski definition) is 0. The van der Waals surface area contributed by atoms with E-state index < -0.39 is 81.1 Å². The molecule has 0 aliphatic carbocycles. The number of ether oxygens (including phenoxy) is 13. The molecule has 2 rings (SSSR count). The van der Waals surface area contributed by atoms with E-state index in [9.17, 15) is 9.59 Å². The summed E-state index contributed by atoms with van der Waals surface area (Å²) in [5.41, 5.74) is 2.38. The van der Waals surface area contributed by atoms with Gasteiger partial charge in [0.25, 0.3) is 0 Å². The normalized spacial score (nSPS) is 17.4. The molecule has 0 fully saturated rings. The zero-order valence-electron chi connectivity index (χ0n) is 38.0. The van der Waals surface area contributed by atoms with Crippen LogP contribution < -0.4 is 9.47 Å². The van der Waals surface area contributed by atoms with Gasteiger partial charge in [-0.3, -0.25) is 0 Å². The maximum Gasteiger partial charge on any atom is 0.335 e. The standard InChI is InChI=1S/C45H68O15/c1-26(2)43(46)59-37(14)55-33(10)51-29(6)48-28(5)49-31(8)53-35(12)57-41-22-18-39(19-23-41)45(16,17)40-20-24-42(25-21-40)58-36(13)54-32(9)50-30(7)52-34(11)56-38(15)60-44(47)27(3)4/h18-25,28-38H,1,3H2,2,4-17H3. The zero-order valence-corrected chi connectivity index (χ0v) is 38.0. The van der Waals surface area contributed by atoms with Crippen LogP contribution in [0.1, 0.15) is 115 Å². The number of esters is 2. The van der Waals surface area contributed by atoms with Crippen molar-refractivity contribution < 1.29 is 71.2 Å². The maximum absolute atomic E-state index is 11.7. The van der Waals surface area contributed by atoms with Crippen molar-refractivity contribution in [3.63, 3.8) is 0 Å². The van der Waals surface area contributed by atoms with Crippen molar-refractivity contribution in [2.45, 2.75) is 178 Å². The molecule has 0 saturated carbocycles. The predicted molar refractivity (Wildman–Crippen MR) is 222 cm³/mol. The summed E-state index contributed by atoms with van der Waals surface area (Å²) < 4.78 is 73.7. The highest BCUT2D eigenvalue weighted by molar-refractivity contribution is 5.87. The lowest BCUT2D eigenvalue weighted by Gasteiger charge is -2.28. The van der Waals surface area contributed by atoms with Crippen LogP contribution in [-0.4, -0.2) is 81.1 Å². The highest BCUT2D eigenvalue weighted by Gasteiger charge is 2.25. The van der Waals surface area contributed by atoms with Gasteiger partial charge in [0.05, 0.1) is 0 Å². The minimum atomic E-state index is -0.829. The molecule has 2 aromatic rings. The molecule has 0 radical (unpaired) electrons. The van der Waals surface area contributed by atoms with Crippen molar-refractivity contribution in [1.82, 2.24) is 0 Å². The molecule has 0 aliphatic rings. The SMILES string of the molecule is C=C(C)C(=O)OC(C)OC(C)OC(C)OC(C)OC(C)Oc1ccc(C(C)(C)c2ccc(OC(C)OC(C)OC(C)OC(C)OC(C)OC(C)OC(=O)C(=C)C)cc2)cc1. The fraction of sp³-hybridized carbons (Fsp3) is 0.600. The molecule has 11 unspecified atom stereocenters. The molecule has 0 heterocycles. The van der Waals surface area contributed by atoms with Crippen LogP contribution in [0.5, 0.6) is 11.5 Å². The van der Waals surface area contributed by atoms with Crippen molar-refractivity contribution in [2.75, 3.05) is 0 Å². The lowest BCUT2D eigenvalue weighted by atomic mass is 9.78. The Hall–Kier alpha value is -3.90. The van der Waals surface area contributed by atoms with E-state index in [-0.39, 0.29) is 16.6 Å². The monoisotopic (exact) mass is 848 g/mol. The van der Waals surface area contributed by atoms with E-state index in [0.29, 0.717) is 11.5 Å². The van der Waals surface area contributed by atoms with E-state index >= 15 is 0 Å². The van der Waals surface area contributed by atoms with Crippen LogP contribution in [0.25, 0.3) is 0 Å². The van der Waals surface area contributed by atoms with Gasteiger partial charge in [-0.15, -0.1) is 0 Å². The van der Waals surface area contributed by atoms with Gasteiger partial charge in [0.1, 0.15) is 11.5 Å². The highest BCUT2D eigenvalue weighted by Crippen LogP contribution is 2.34. The summed E-state index contributed by atoms with van der Waals surface area (Å²) in [6.07, 6.45) is -7.72. The van der Waals surface area contributed by atoms with E-state index in [1.54, 1.807) is 90.0 Å². The quantitative estimate of drug-likeness (QED) is 0.0454. The summed E-state index contributed by atoms with van der Waals surface area (Å²) in [6, 6.07) is 15.7. The third-order valence-electron chi connectivity index (χ3n) is 8.45. The van der Waals surface area contributed by atoms with Crippen LogP contribution >= 0.6 is 0 Å². The third-order valence-corrected chi connectivity index (χ3v) is 8.45. The lowest BCUT2D eigenvalue weighted by Crippen LogP contribution is -2.33. The first kappa shape index (κ1) is 52.2. The molecule has 0 amide bonds. The van der Waals surface area contributed by atoms with Crippen LogP contribution in [0.2, 0.25) is 0 Å². The fourth-order valence-corrected chi connectivity index (χ4v) is 5.72. The summed E-state index contributed by atoms with van der Waals surface area (Å²) >= 11 is 0. The second kappa shape index (κ2) is 25.1. The molecule has 338 valence electrons. The number of carbonyl (C=O) groups excluding carboxylic acids is 2. The van der Waals surface area contributed by atoms with Gasteiger partial charge in [-0.2, -0.15) is 0 Å². The number of hydrogen-bond acceptors (Lipinski definition) is 15. The Morgan fingerprint density at radius 2 is 0.617 bits per heavy atom. The molecule has 15 heteroatoms. The van der Waals surface area contributed by atoms with Gasteiger partial charge < -0.3 is 61.6 Å². The number of benzene rings is 2. The Kier molecular flexibility index (Phi) is 21.9. The minimum absolute atomic E-state index is 0.273. The Morgan fingerprint density at radius 3 is 0.850 bits per heavy atom. The molecule has 15 nitrogen and oxygen atoms in total. The molecule has 11 atom stereocenters. The van der Waals surface area contributed by atoms with Crippen molar-refractivity contribution in [2.24, 2.45) is 0 Å². The molecule has 0 aliphatic heterocycles. The van der Waals surface area contributed by atoms with Crippen LogP contribution in [0, 0.1) is 0 Å². The van der Waals surface area contributed by atoms with Gasteiger partial charge in [-0.25, -0.2) is 9.59 Å². The van der Waals surface area contributed by atoms with Gasteiger partial charge in [0.2, 0.25) is 12.6 Å². The van der Waals surface area contributed by atoms with Crippen LogP contribution in [0.15, 0.2) is 72.8 Å². The van der Waals surface area contributed by atoms with Crippen LogP contribution in [-0.2, 0) is 67.1 Å². The summed E-state index contributed by atoms with van der Waals surface area (Å²) in [6.45, 7) is 33.2. The fourth-order valence-electron chi connectivity index (χ4n) is 5.72. The molecule has 0 spiro atoms. The number of carbonyl (C=O) groups is 2. The minimum Gasteiger partial charge on any atom is -0.465 e. The number of rotatable bonds is 28. The average molecular weight is 849 g/mol. The van der Waals surface area contributed by atoms with Gasteiger partial charge in [-0.1, -0.05) is 51.3 Å². The summed E-state index contributed by atoms with van der Waals surface area (Å²) in [4.78, 5) is 23.4. The van der Waals surface area contributed by atoms with Crippen molar-refractivity contribution in [1.29, 1.82) is 0 Å². The maximum atomic E-state index is 11.7. The molecule has 0 N–H and O–H groups in total. The molecular weight excluding hydrogens is 780 g/mol. The van der Waals surface area contributed by atoms with Crippen molar-refractivity contribution in [3.8, 4) is 11.5 Å². The smallest absolute Gasteiger partial charge is 0.335 e. The Labute approximate surface area is 356 Å². The van der Waals surface area contributed by atoms with E-state index in [4.69, 9.17) is 61.6 Å². The van der Waals surface area contributed by atoms with Crippen LogP contribution in [0.3, 0.4) is 0 Å². The molecule has 0 bridgehead atoms. The second-order valence-electron chi connectivity index (χ2n) is 14.7. The highest BCUT2D eigenvalue weighted by atomic mass is 16.9. The first-order chi connectivity index (χ1) is 27.9. The van der Waals surface area contributed by atoms with Crippen molar-refractivity contribution in [3.05, 3.63) is 84.0 Å².